The topological polar surface area (TPSA) is 30.5 Å². The Labute approximate surface area is 106 Å². The van der Waals surface area contributed by atoms with E-state index in [0.717, 1.165) is 45.2 Å². The molecule has 1 fully saturated rings. The summed E-state index contributed by atoms with van der Waals surface area (Å²) in [6, 6.07) is 0. The molecule has 0 amide bonds. The Morgan fingerprint density at radius 2 is 2.06 bits per heavy atom. The first-order chi connectivity index (χ1) is 8.29. The predicted molar refractivity (Wildman–Crippen MR) is 71.4 cm³/mol. The summed E-state index contributed by atoms with van der Waals surface area (Å²) in [4.78, 5) is 0. The molecule has 0 bridgehead atoms. The van der Waals surface area contributed by atoms with Gasteiger partial charge in [0.15, 0.2) is 0 Å². The van der Waals surface area contributed by atoms with E-state index in [0.29, 0.717) is 6.10 Å². The van der Waals surface area contributed by atoms with Crippen LogP contribution in [0.15, 0.2) is 0 Å². The zero-order chi connectivity index (χ0) is 12.3. The van der Waals surface area contributed by atoms with Crippen molar-refractivity contribution in [2.24, 2.45) is 5.92 Å². The minimum absolute atomic E-state index is 0.378. The van der Waals surface area contributed by atoms with Crippen molar-refractivity contribution in [2.45, 2.75) is 52.1 Å². The highest BCUT2D eigenvalue weighted by Crippen LogP contribution is 2.09. The third-order valence-corrected chi connectivity index (χ3v) is 3.04. The van der Waals surface area contributed by atoms with Crippen LogP contribution in [0.1, 0.15) is 46.0 Å². The van der Waals surface area contributed by atoms with Crippen LogP contribution in [0.5, 0.6) is 0 Å². The van der Waals surface area contributed by atoms with Gasteiger partial charge < -0.3 is 14.8 Å². The van der Waals surface area contributed by atoms with E-state index in [4.69, 9.17) is 9.47 Å². The molecule has 0 saturated carbocycles. The average molecular weight is 243 g/mol. The normalized spacial score (nSPS) is 20.3. The number of hydrogen-bond donors (Lipinski definition) is 1. The Morgan fingerprint density at radius 3 is 2.76 bits per heavy atom. The predicted octanol–water partition coefficient (Wildman–Crippen LogP) is 2.60. The SMILES string of the molecule is CC(C)CNCCCCCCOC1CCOC1. The van der Waals surface area contributed by atoms with Crippen molar-refractivity contribution in [3.63, 3.8) is 0 Å². The van der Waals surface area contributed by atoms with Gasteiger partial charge in [0.05, 0.1) is 12.7 Å². The smallest absolute Gasteiger partial charge is 0.0830 e. The molecule has 0 aromatic rings. The lowest BCUT2D eigenvalue weighted by molar-refractivity contribution is 0.0406. The molecule has 1 saturated heterocycles. The van der Waals surface area contributed by atoms with Crippen molar-refractivity contribution in [1.82, 2.24) is 5.32 Å². The van der Waals surface area contributed by atoms with Gasteiger partial charge >= 0.3 is 0 Å². The summed E-state index contributed by atoms with van der Waals surface area (Å²) < 4.78 is 11.0. The van der Waals surface area contributed by atoms with Crippen LogP contribution in [0.2, 0.25) is 0 Å². The first kappa shape index (κ1) is 14.9. The lowest BCUT2D eigenvalue weighted by Gasteiger charge is -2.09. The Morgan fingerprint density at radius 1 is 1.24 bits per heavy atom. The Bertz CT molecular complexity index is 168. The second-order valence-electron chi connectivity index (χ2n) is 5.37. The molecule has 1 aliphatic heterocycles. The molecule has 3 heteroatoms. The number of hydrogen-bond acceptors (Lipinski definition) is 3. The minimum atomic E-state index is 0.378. The van der Waals surface area contributed by atoms with E-state index >= 15 is 0 Å². The van der Waals surface area contributed by atoms with E-state index in [-0.39, 0.29) is 0 Å². The third kappa shape index (κ3) is 8.58. The van der Waals surface area contributed by atoms with Gasteiger partial charge in [-0.25, -0.2) is 0 Å². The van der Waals surface area contributed by atoms with Crippen LogP contribution in [-0.2, 0) is 9.47 Å². The molecule has 1 rings (SSSR count). The number of rotatable bonds is 10. The van der Waals surface area contributed by atoms with Crippen molar-refractivity contribution in [2.75, 3.05) is 32.9 Å². The van der Waals surface area contributed by atoms with E-state index in [1.165, 1.54) is 25.7 Å². The first-order valence-corrected chi connectivity index (χ1v) is 7.19. The third-order valence-electron chi connectivity index (χ3n) is 3.04. The van der Waals surface area contributed by atoms with Gasteiger partial charge in [0.2, 0.25) is 0 Å². The zero-order valence-electron chi connectivity index (χ0n) is 11.5. The van der Waals surface area contributed by atoms with E-state index in [9.17, 15) is 0 Å². The maximum Gasteiger partial charge on any atom is 0.0830 e. The lowest BCUT2D eigenvalue weighted by Crippen LogP contribution is -2.20. The van der Waals surface area contributed by atoms with Gasteiger partial charge in [-0.3, -0.25) is 0 Å². The Hall–Kier alpha value is -0.120. The summed E-state index contributed by atoms with van der Waals surface area (Å²) in [5.74, 6) is 0.761. The molecule has 3 nitrogen and oxygen atoms in total. The van der Waals surface area contributed by atoms with Gasteiger partial charge in [0, 0.05) is 13.2 Å². The van der Waals surface area contributed by atoms with E-state index in [1.54, 1.807) is 0 Å². The summed E-state index contributed by atoms with van der Waals surface area (Å²) in [5, 5.41) is 3.47. The van der Waals surface area contributed by atoms with E-state index < -0.39 is 0 Å². The minimum Gasteiger partial charge on any atom is -0.379 e. The maximum atomic E-state index is 5.72. The molecule has 0 radical (unpaired) electrons. The van der Waals surface area contributed by atoms with Crippen LogP contribution in [0.4, 0.5) is 0 Å². The summed E-state index contributed by atoms with van der Waals surface area (Å²) in [5.41, 5.74) is 0. The average Bonchev–Trinajstić information content (AvgIpc) is 2.79. The molecule has 17 heavy (non-hydrogen) atoms. The Kier molecular flexibility index (Phi) is 8.67. The molecule has 1 aliphatic rings. The maximum absolute atomic E-state index is 5.72. The molecule has 0 aromatic heterocycles. The highest BCUT2D eigenvalue weighted by atomic mass is 16.5. The Balaban J connectivity index is 1.72. The molecule has 1 heterocycles. The summed E-state index contributed by atoms with van der Waals surface area (Å²) in [6.07, 6.45) is 6.55. The van der Waals surface area contributed by atoms with Crippen molar-refractivity contribution in [1.29, 1.82) is 0 Å². The molecule has 0 spiro atoms. The number of unbranched alkanes of at least 4 members (excludes halogenated alkanes) is 3. The summed E-state index contributed by atoms with van der Waals surface area (Å²) in [7, 11) is 0. The fourth-order valence-corrected chi connectivity index (χ4v) is 1.99. The molecule has 1 N–H and O–H groups in total. The van der Waals surface area contributed by atoms with E-state index in [2.05, 4.69) is 19.2 Å². The monoisotopic (exact) mass is 243 g/mol. The van der Waals surface area contributed by atoms with Crippen molar-refractivity contribution in [3.05, 3.63) is 0 Å². The van der Waals surface area contributed by atoms with Crippen LogP contribution in [0.25, 0.3) is 0 Å². The van der Waals surface area contributed by atoms with Crippen molar-refractivity contribution >= 4 is 0 Å². The van der Waals surface area contributed by atoms with Crippen molar-refractivity contribution in [3.8, 4) is 0 Å². The standard InChI is InChI=1S/C14H29NO2/c1-13(2)11-15-8-5-3-4-6-9-17-14-7-10-16-12-14/h13-15H,3-12H2,1-2H3. The van der Waals surface area contributed by atoms with Crippen LogP contribution in [0.3, 0.4) is 0 Å². The zero-order valence-corrected chi connectivity index (χ0v) is 11.5. The molecule has 0 aliphatic carbocycles. The number of nitrogens with one attached hydrogen (secondary N) is 1. The first-order valence-electron chi connectivity index (χ1n) is 7.19. The highest BCUT2D eigenvalue weighted by molar-refractivity contribution is 4.62. The van der Waals surface area contributed by atoms with Crippen LogP contribution >= 0.6 is 0 Å². The number of ether oxygens (including phenoxy) is 2. The largest absolute Gasteiger partial charge is 0.379 e. The fraction of sp³-hybridized carbons (Fsp3) is 1.00. The van der Waals surface area contributed by atoms with Gasteiger partial charge in [-0.1, -0.05) is 26.7 Å². The second kappa shape index (κ2) is 9.86. The van der Waals surface area contributed by atoms with Crippen LogP contribution in [0, 0.1) is 5.92 Å². The van der Waals surface area contributed by atoms with E-state index in [1.807, 2.05) is 0 Å². The van der Waals surface area contributed by atoms with Gasteiger partial charge in [0.1, 0.15) is 0 Å². The van der Waals surface area contributed by atoms with Gasteiger partial charge in [-0.2, -0.15) is 0 Å². The molecule has 1 unspecified atom stereocenters. The quantitative estimate of drug-likeness (QED) is 0.598. The van der Waals surface area contributed by atoms with Crippen LogP contribution < -0.4 is 5.32 Å². The molecular weight excluding hydrogens is 214 g/mol. The second-order valence-corrected chi connectivity index (χ2v) is 5.37. The summed E-state index contributed by atoms with van der Waals surface area (Å²) >= 11 is 0. The van der Waals surface area contributed by atoms with Gasteiger partial charge in [0.25, 0.3) is 0 Å². The molecule has 0 aromatic carbocycles. The van der Waals surface area contributed by atoms with Gasteiger partial charge in [-0.05, 0) is 38.3 Å². The van der Waals surface area contributed by atoms with Crippen molar-refractivity contribution < 1.29 is 9.47 Å². The highest BCUT2D eigenvalue weighted by Gasteiger charge is 2.14. The molecular formula is C14H29NO2. The molecule has 1 atom stereocenters. The van der Waals surface area contributed by atoms with Gasteiger partial charge in [-0.15, -0.1) is 0 Å². The molecule has 102 valence electrons. The lowest BCUT2D eigenvalue weighted by atomic mass is 10.2. The van der Waals surface area contributed by atoms with Crippen LogP contribution in [-0.4, -0.2) is 39.0 Å². The fourth-order valence-electron chi connectivity index (χ4n) is 1.99. The summed E-state index contributed by atoms with van der Waals surface area (Å²) in [6.45, 7) is 9.40.